The Bertz CT molecular complexity index is 1080. The maximum absolute atomic E-state index is 13.1. The third-order valence-electron chi connectivity index (χ3n) is 4.90. The number of nitrogens with zero attached hydrogens (tertiary/aromatic N) is 2. The molecule has 2 amide bonds. The van der Waals surface area contributed by atoms with Crippen LogP contribution in [0.3, 0.4) is 0 Å². The molecule has 0 radical (unpaired) electrons. The SMILES string of the molecule is COCc1nn2c(c1-c1ccccc1)NC(=O)C[C@H]2C(=O)Nc1cccc(SC)c1. The maximum atomic E-state index is 13.1. The van der Waals surface area contributed by atoms with Crippen LogP contribution >= 0.6 is 11.8 Å². The highest BCUT2D eigenvalue weighted by atomic mass is 32.2. The van der Waals surface area contributed by atoms with Crippen LogP contribution in [0, 0.1) is 0 Å². The molecular formula is C22H22N4O3S. The lowest BCUT2D eigenvalue weighted by Gasteiger charge is -2.24. The van der Waals surface area contributed by atoms with E-state index < -0.39 is 6.04 Å². The van der Waals surface area contributed by atoms with Crippen molar-refractivity contribution in [2.24, 2.45) is 0 Å². The standard InChI is InChI=1S/C22H22N4O3S/c1-29-13-17-20(14-7-4-3-5-8-14)21-24-19(27)12-18(26(21)25-17)22(28)23-15-9-6-10-16(11-15)30-2/h3-11,18H,12-13H2,1-2H3,(H,23,28)(H,24,27)/t18-/m0/s1. The van der Waals surface area contributed by atoms with Crippen LogP contribution in [0.2, 0.25) is 0 Å². The monoisotopic (exact) mass is 422 g/mol. The number of hydrogen-bond acceptors (Lipinski definition) is 5. The molecule has 0 spiro atoms. The number of methoxy groups -OCH3 is 1. The minimum Gasteiger partial charge on any atom is -0.378 e. The van der Waals surface area contributed by atoms with Crippen molar-refractivity contribution in [3.05, 3.63) is 60.3 Å². The average Bonchev–Trinajstić information content (AvgIpc) is 3.11. The number of fused-ring (bicyclic) bond motifs is 1. The summed E-state index contributed by atoms with van der Waals surface area (Å²) in [6, 6.07) is 16.5. The lowest BCUT2D eigenvalue weighted by Crippen LogP contribution is -2.35. The third kappa shape index (κ3) is 3.96. The molecule has 2 aromatic carbocycles. The molecule has 2 N–H and O–H groups in total. The van der Waals surface area contributed by atoms with E-state index in [4.69, 9.17) is 4.74 Å². The highest BCUT2D eigenvalue weighted by Crippen LogP contribution is 2.37. The van der Waals surface area contributed by atoms with Crippen LogP contribution in [0.1, 0.15) is 18.2 Å². The number of ether oxygens (including phenoxy) is 1. The highest BCUT2D eigenvalue weighted by molar-refractivity contribution is 7.98. The number of anilines is 2. The second kappa shape index (κ2) is 8.73. The van der Waals surface area contributed by atoms with E-state index in [2.05, 4.69) is 15.7 Å². The van der Waals surface area contributed by atoms with E-state index >= 15 is 0 Å². The zero-order valence-corrected chi connectivity index (χ0v) is 17.5. The van der Waals surface area contributed by atoms with Crippen LogP contribution in [0.25, 0.3) is 11.1 Å². The molecule has 0 aliphatic carbocycles. The highest BCUT2D eigenvalue weighted by Gasteiger charge is 2.35. The van der Waals surface area contributed by atoms with Gasteiger partial charge in [0.25, 0.3) is 0 Å². The van der Waals surface area contributed by atoms with Gasteiger partial charge in [-0.25, -0.2) is 4.68 Å². The first-order valence-corrected chi connectivity index (χ1v) is 10.7. The van der Waals surface area contributed by atoms with Crippen LogP contribution < -0.4 is 10.6 Å². The van der Waals surface area contributed by atoms with Gasteiger partial charge in [-0.15, -0.1) is 11.8 Å². The molecule has 154 valence electrons. The van der Waals surface area contributed by atoms with Crippen molar-refractivity contribution in [1.82, 2.24) is 9.78 Å². The second-order valence-corrected chi connectivity index (χ2v) is 7.78. The van der Waals surface area contributed by atoms with Crippen LogP contribution in [0.15, 0.2) is 59.5 Å². The minimum absolute atomic E-state index is 0.0172. The van der Waals surface area contributed by atoms with Crippen LogP contribution in [0.5, 0.6) is 0 Å². The van der Waals surface area contributed by atoms with Gasteiger partial charge < -0.3 is 15.4 Å². The molecule has 7 nitrogen and oxygen atoms in total. The average molecular weight is 423 g/mol. The maximum Gasteiger partial charge on any atom is 0.249 e. The number of carbonyl (C=O) groups is 2. The van der Waals surface area contributed by atoms with Crippen molar-refractivity contribution in [2.45, 2.75) is 24.0 Å². The first-order chi connectivity index (χ1) is 14.6. The molecule has 2 heterocycles. The number of thioether (sulfide) groups is 1. The number of rotatable bonds is 6. The molecule has 8 heteroatoms. The van der Waals surface area contributed by atoms with Gasteiger partial charge >= 0.3 is 0 Å². The number of benzene rings is 2. The number of amides is 2. The summed E-state index contributed by atoms with van der Waals surface area (Å²) < 4.78 is 6.92. The van der Waals surface area contributed by atoms with Gasteiger partial charge in [-0.05, 0) is 30.0 Å². The molecule has 3 aromatic rings. The summed E-state index contributed by atoms with van der Waals surface area (Å²) in [6.07, 6.45) is 1.99. The van der Waals surface area contributed by atoms with Crippen molar-refractivity contribution in [1.29, 1.82) is 0 Å². The molecule has 0 saturated carbocycles. The topological polar surface area (TPSA) is 85.2 Å². The van der Waals surface area contributed by atoms with Crippen molar-refractivity contribution >= 4 is 35.1 Å². The molecule has 1 aromatic heterocycles. The van der Waals surface area contributed by atoms with Gasteiger partial charge in [0, 0.05) is 23.3 Å². The van der Waals surface area contributed by atoms with Gasteiger partial charge in [0.1, 0.15) is 11.9 Å². The molecule has 0 bridgehead atoms. The van der Waals surface area contributed by atoms with Crippen LogP contribution in [-0.2, 0) is 20.9 Å². The first kappa shape index (κ1) is 20.2. The molecule has 0 fully saturated rings. The molecule has 1 aliphatic rings. The molecule has 0 unspecified atom stereocenters. The van der Waals surface area contributed by atoms with E-state index in [1.54, 1.807) is 23.6 Å². The Balaban J connectivity index is 1.72. The number of carbonyl (C=O) groups excluding carboxylic acids is 2. The Kier molecular flexibility index (Phi) is 5.87. The van der Waals surface area contributed by atoms with E-state index in [1.807, 2.05) is 60.9 Å². The van der Waals surface area contributed by atoms with Crippen molar-refractivity contribution < 1.29 is 14.3 Å². The van der Waals surface area contributed by atoms with Crippen molar-refractivity contribution in [2.75, 3.05) is 24.0 Å². The molecule has 1 aliphatic heterocycles. The van der Waals surface area contributed by atoms with Gasteiger partial charge in [-0.2, -0.15) is 5.10 Å². The van der Waals surface area contributed by atoms with Crippen LogP contribution in [-0.4, -0.2) is 35.0 Å². The fourth-order valence-electron chi connectivity index (χ4n) is 3.55. The molecule has 1 atom stereocenters. The van der Waals surface area contributed by atoms with E-state index in [1.165, 1.54) is 0 Å². The summed E-state index contributed by atoms with van der Waals surface area (Å²) in [5.41, 5.74) is 3.03. The first-order valence-electron chi connectivity index (χ1n) is 9.51. The van der Waals surface area contributed by atoms with Crippen molar-refractivity contribution in [3.63, 3.8) is 0 Å². The Labute approximate surface area is 178 Å². The predicted octanol–water partition coefficient (Wildman–Crippen LogP) is 3.94. The van der Waals surface area contributed by atoms with E-state index in [0.29, 0.717) is 17.2 Å². The van der Waals surface area contributed by atoms with Gasteiger partial charge in [0.15, 0.2) is 0 Å². The lowest BCUT2D eigenvalue weighted by atomic mass is 10.0. The van der Waals surface area contributed by atoms with Crippen LogP contribution in [0.4, 0.5) is 11.5 Å². The van der Waals surface area contributed by atoms with E-state index in [9.17, 15) is 9.59 Å². The van der Waals surface area contributed by atoms with Gasteiger partial charge in [0.05, 0.1) is 18.7 Å². The quantitative estimate of drug-likeness (QED) is 0.588. The predicted molar refractivity (Wildman–Crippen MR) is 118 cm³/mol. The van der Waals surface area contributed by atoms with Gasteiger partial charge in [-0.1, -0.05) is 36.4 Å². The Morgan fingerprint density at radius 3 is 2.80 bits per heavy atom. The summed E-state index contributed by atoms with van der Waals surface area (Å²) >= 11 is 1.60. The summed E-state index contributed by atoms with van der Waals surface area (Å²) in [6.45, 7) is 0.268. The summed E-state index contributed by atoms with van der Waals surface area (Å²) in [5, 5.41) is 10.5. The number of nitrogens with one attached hydrogen (secondary N) is 2. The Hall–Kier alpha value is -3.10. The fourth-order valence-corrected chi connectivity index (χ4v) is 4.01. The summed E-state index contributed by atoms with van der Waals surface area (Å²) in [4.78, 5) is 26.6. The fraction of sp³-hybridized carbons (Fsp3) is 0.227. The third-order valence-corrected chi connectivity index (χ3v) is 5.62. The van der Waals surface area contributed by atoms with Gasteiger partial charge in [-0.3, -0.25) is 9.59 Å². The second-order valence-electron chi connectivity index (χ2n) is 6.90. The molecule has 4 rings (SSSR count). The Morgan fingerprint density at radius 2 is 2.07 bits per heavy atom. The lowest BCUT2D eigenvalue weighted by molar-refractivity contribution is -0.125. The van der Waals surface area contributed by atoms with Crippen molar-refractivity contribution in [3.8, 4) is 11.1 Å². The zero-order valence-electron chi connectivity index (χ0n) is 16.7. The minimum atomic E-state index is -0.750. The molecular weight excluding hydrogens is 400 g/mol. The zero-order chi connectivity index (χ0) is 21.1. The van der Waals surface area contributed by atoms with E-state index in [0.717, 1.165) is 16.0 Å². The summed E-state index contributed by atoms with van der Waals surface area (Å²) in [7, 11) is 1.59. The largest absolute Gasteiger partial charge is 0.378 e. The number of aromatic nitrogens is 2. The summed E-state index contributed by atoms with van der Waals surface area (Å²) in [5.74, 6) is 0.0134. The molecule has 30 heavy (non-hydrogen) atoms. The van der Waals surface area contributed by atoms with Gasteiger partial charge in [0.2, 0.25) is 11.8 Å². The normalized spacial score (nSPS) is 15.4. The van der Waals surface area contributed by atoms with E-state index in [-0.39, 0.29) is 24.8 Å². The Morgan fingerprint density at radius 1 is 1.27 bits per heavy atom. The molecule has 0 saturated heterocycles. The number of hydrogen-bond donors (Lipinski definition) is 2. The smallest absolute Gasteiger partial charge is 0.249 e.